The summed E-state index contributed by atoms with van der Waals surface area (Å²) in [5.74, 6) is -0.155. The van der Waals surface area contributed by atoms with Crippen molar-refractivity contribution in [3.05, 3.63) is 63.7 Å². The number of carbonyl (C=O) groups excluding carboxylic acids is 1. The Morgan fingerprint density at radius 3 is 2.46 bits per heavy atom. The molecule has 0 aromatic heterocycles. The number of rotatable bonds is 5. The number of nitro benzene ring substituents is 1. The van der Waals surface area contributed by atoms with E-state index in [1.807, 2.05) is 30.3 Å². The minimum atomic E-state index is -0.579. The van der Waals surface area contributed by atoms with Gasteiger partial charge in [-0.25, -0.2) is 0 Å². The second-order valence-electron chi connectivity index (χ2n) is 5.86. The molecule has 0 radical (unpaired) electrons. The minimum Gasteiger partial charge on any atom is -0.477 e. The molecule has 1 heterocycles. The van der Waals surface area contributed by atoms with E-state index in [0.29, 0.717) is 13.1 Å². The lowest BCUT2D eigenvalue weighted by Crippen LogP contribution is -2.50. The molecule has 0 N–H and O–H groups in total. The molecule has 8 heteroatoms. The van der Waals surface area contributed by atoms with E-state index in [-0.39, 0.29) is 29.0 Å². The van der Waals surface area contributed by atoms with Crippen molar-refractivity contribution in [2.45, 2.75) is 0 Å². The summed E-state index contributed by atoms with van der Waals surface area (Å²) in [6.45, 7) is 2.39. The Kier molecular flexibility index (Phi) is 5.58. The summed E-state index contributed by atoms with van der Waals surface area (Å²) in [6, 6.07) is 14.1. The molecule has 1 aliphatic heterocycles. The third-order valence-electron chi connectivity index (χ3n) is 4.22. The average molecular weight is 376 g/mol. The second kappa shape index (κ2) is 8.05. The quantitative estimate of drug-likeness (QED) is 0.593. The van der Waals surface area contributed by atoms with Crippen LogP contribution in [0.15, 0.2) is 48.5 Å². The molecule has 1 amide bonds. The highest BCUT2D eigenvalue weighted by Gasteiger charge is 2.23. The summed E-state index contributed by atoms with van der Waals surface area (Å²) in [5.41, 5.74) is 0.881. The number of halogens is 1. The standard InChI is InChI=1S/C18H18ClN3O4/c19-14-6-7-17(16(12-14)22(24)25)26-13-18(23)21-10-8-20(9-11-21)15-4-2-1-3-5-15/h1-7,12H,8-11,13H2. The molecular weight excluding hydrogens is 358 g/mol. The molecule has 0 saturated carbocycles. The highest BCUT2D eigenvalue weighted by Crippen LogP contribution is 2.29. The SMILES string of the molecule is O=C(COc1ccc(Cl)cc1[N+](=O)[O-])N1CCN(c2ccccc2)CC1. The Hall–Kier alpha value is -2.80. The zero-order valence-corrected chi connectivity index (χ0v) is 14.8. The smallest absolute Gasteiger partial charge is 0.312 e. The lowest BCUT2D eigenvalue weighted by atomic mass is 10.2. The molecule has 0 bridgehead atoms. The Bertz CT molecular complexity index is 792. The Morgan fingerprint density at radius 1 is 1.12 bits per heavy atom. The van der Waals surface area contributed by atoms with Crippen LogP contribution in [0.2, 0.25) is 5.02 Å². The maximum absolute atomic E-state index is 12.3. The van der Waals surface area contributed by atoms with Gasteiger partial charge in [0.25, 0.3) is 5.91 Å². The van der Waals surface area contributed by atoms with Crippen LogP contribution in [0.25, 0.3) is 0 Å². The molecule has 1 aliphatic rings. The van der Waals surface area contributed by atoms with Crippen molar-refractivity contribution in [1.82, 2.24) is 4.90 Å². The molecule has 0 aliphatic carbocycles. The molecule has 7 nitrogen and oxygen atoms in total. The van der Waals surface area contributed by atoms with E-state index < -0.39 is 4.92 Å². The van der Waals surface area contributed by atoms with Crippen LogP contribution in [0, 0.1) is 10.1 Å². The first kappa shape index (κ1) is 18.0. The maximum Gasteiger partial charge on any atom is 0.312 e. The number of carbonyl (C=O) groups is 1. The predicted molar refractivity (Wildman–Crippen MR) is 98.8 cm³/mol. The fourth-order valence-corrected chi connectivity index (χ4v) is 3.01. The highest BCUT2D eigenvalue weighted by molar-refractivity contribution is 6.30. The predicted octanol–water partition coefficient (Wildman–Crippen LogP) is 2.98. The monoisotopic (exact) mass is 375 g/mol. The first-order valence-electron chi connectivity index (χ1n) is 8.19. The van der Waals surface area contributed by atoms with E-state index in [1.165, 1.54) is 18.2 Å². The number of nitrogens with zero attached hydrogens (tertiary/aromatic N) is 3. The number of hydrogen-bond donors (Lipinski definition) is 0. The number of hydrogen-bond acceptors (Lipinski definition) is 5. The molecule has 1 fully saturated rings. The third kappa shape index (κ3) is 4.23. The van der Waals surface area contributed by atoms with Crippen molar-refractivity contribution >= 4 is 28.9 Å². The van der Waals surface area contributed by atoms with Crippen molar-refractivity contribution in [2.75, 3.05) is 37.7 Å². The first-order valence-corrected chi connectivity index (χ1v) is 8.57. The number of nitro groups is 1. The number of piperazine rings is 1. The van der Waals surface area contributed by atoms with E-state index in [4.69, 9.17) is 16.3 Å². The Morgan fingerprint density at radius 2 is 1.81 bits per heavy atom. The highest BCUT2D eigenvalue weighted by atomic mass is 35.5. The van der Waals surface area contributed by atoms with Crippen LogP contribution in [0.3, 0.4) is 0 Å². The van der Waals surface area contributed by atoms with E-state index in [1.54, 1.807) is 4.90 Å². The number of ether oxygens (including phenoxy) is 1. The average Bonchev–Trinajstić information content (AvgIpc) is 2.67. The van der Waals surface area contributed by atoms with Crippen LogP contribution >= 0.6 is 11.6 Å². The van der Waals surface area contributed by atoms with Crippen molar-refractivity contribution in [1.29, 1.82) is 0 Å². The van der Waals surface area contributed by atoms with Gasteiger partial charge in [0.15, 0.2) is 12.4 Å². The molecule has 1 saturated heterocycles. The fraction of sp³-hybridized carbons (Fsp3) is 0.278. The van der Waals surface area contributed by atoms with Crippen LogP contribution in [0.5, 0.6) is 5.75 Å². The van der Waals surface area contributed by atoms with E-state index >= 15 is 0 Å². The third-order valence-corrected chi connectivity index (χ3v) is 4.46. The number of benzene rings is 2. The van der Waals surface area contributed by atoms with E-state index in [9.17, 15) is 14.9 Å². The molecule has 136 valence electrons. The van der Waals surface area contributed by atoms with Gasteiger partial charge in [0.1, 0.15) is 0 Å². The van der Waals surface area contributed by atoms with Crippen molar-refractivity contribution in [2.24, 2.45) is 0 Å². The summed E-state index contributed by atoms with van der Waals surface area (Å²) in [7, 11) is 0. The molecule has 0 atom stereocenters. The van der Waals surface area contributed by atoms with Gasteiger partial charge in [0.2, 0.25) is 0 Å². The first-order chi connectivity index (χ1) is 12.5. The van der Waals surface area contributed by atoms with Crippen molar-refractivity contribution in [3.8, 4) is 5.75 Å². The maximum atomic E-state index is 12.3. The fourth-order valence-electron chi connectivity index (χ4n) is 2.84. The molecule has 2 aromatic rings. The van der Waals surface area contributed by atoms with E-state index in [0.717, 1.165) is 18.8 Å². The van der Waals surface area contributed by atoms with Crippen LogP contribution in [0.4, 0.5) is 11.4 Å². The molecule has 2 aromatic carbocycles. The lowest BCUT2D eigenvalue weighted by molar-refractivity contribution is -0.385. The number of amides is 1. The van der Waals surface area contributed by atoms with Crippen molar-refractivity contribution in [3.63, 3.8) is 0 Å². The van der Waals surface area contributed by atoms with Crippen LogP contribution in [0.1, 0.15) is 0 Å². The van der Waals surface area contributed by atoms with Crippen molar-refractivity contribution < 1.29 is 14.5 Å². The number of para-hydroxylation sites is 1. The topological polar surface area (TPSA) is 75.9 Å². The molecule has 3 rings (SSSR count). The second-order valence-corrected chi connectivity index (χ2v) is 6.30. The largest absolute Gasteiger partial charge is 0.477 e. The van der Waals surface area contributed by atoms with Gasteiger partial charge in [-0.3, -0.25) is 14.9 Å². The van der Waals surface area contributed by atoms with Gasteiger partial charge in [-0.1, -0.05) is 29.8 Å². The van der Waals surface area contributed by atoms with Gasteiger partial charge in [0.05, 0.1) is 4.92 Å². The van der Waals surface area contributed by atoms with Gasteiger partial charge in [-0.15, -0.1) is 0 Å². The summed E-state index contributed by atoms with van der Waals surface area (Å²) >= 11 is 5.77. The van der Waals surface area contributed by atoms with Gasteiger partial charge < -0.3 is 14.5 Å². The Labute approximate surface area is 155 Å². The zero-order valence-electron chi connectivity index (χ0n) is 14.0. The van der Waals surface area contributed by atoms with E-state index in [2.05, 4.69) is 4.90 Å². The normalized spacial score (nSPS) is 14.2. The summed E-state index contributed by atoms with van der Waals surface area (Å²) in [6.07, 6.45) is 0. The van der Waals surface area contributed by atoms with Crippen LogP contribution in [-0.2, 0) is 4.79 Å². The summed E-state index contributed by atoms with van der Waals surface area (Å²) < 4.78 is 5.37. The zero-order chi connectivity index (χ0) is 18.5. The molecule has 0 spiro atoms. The molecule has 26 heavy (non-hydrogen) atoms. The van der Waals surface area contributed by atoms with Gasteiger partial charge in [-0.05, 0) is 24.3 Å². The van der Waals surface area contributed by atoms with Crippen LogP contribution in [-0.4, -0.2) is 48.5 Å². The molecular formula is C18H18ClN3O4. The molecule has 0 unspecified atom stereocenters. The minimum absolute atomic E-state index is 0.0377. The van der Waals surface area contributed by atoms with Crippen LogP contribution < -0.4 is 9.64 Å². The van der Waals surface area contributed by atoms with Gasteiger partial charge in [-0.2, -0.15) is 0 Å². The van der Waals surface area contributed by atoms with Gasteiger partial charge >= 0.3 is 5.69 Å². The van der Waals surface area contributed by atoms with Gasteiger partial charge in [0, 0.05) is 43.0 Å². The lowest BCUT2D eigenvalue weighted by Gasteiger charge is -2.36. The Balaban J connectivity index is 1.55. The number of anilines is 1. The summed E-state index contributed by atoms with van der Waals surface area (Å²) in [5, 5.41) is 11.3. The summed E-state index contributed by atoms with van der Waals surface area (Å²) in [4.78, 5) is 26.8.